The monoisotopic (exact) mass is 291 g/mol. The number of rotatable bonds is 3. The highest BCUT2D eigenvalue weighted by atomic mass is 16.5. The van der Waals surface area contributed by atoms with E-state index in [9.17, 15) is 9.59 Å². The minimum Gasteiger partial charge on any atom is -0.464 e. The van der Waals surface area contributed by atoms with E-state index in [2.05, 4.69) is 10.2 Å². The molecule has 1 atom stereocenters. The summed E-state index contributed by atoms with van der Waals surface area (Å²) >= 11 is 0. The summed E-state index contributed by atoms with van der Waals surface area (Å²) in [6.45, 7) is 6.22. The van der Waals surface area contributed by atoms with Crippen LogP contribution in [0.25, 0.3) is 0 Å². The molecule has 0 N–H and O–H groups in total. The number of piperidine rings is 1. The van der Waals surface area contributed by atoms with E-state index in [0.29, 0.717) is 36.5 Å². The SMILES string of the molecule is CCOC(=O)C1CCCCN1C(=O)c1cc(C)nnc1C. The Labute approximate surface area is 124 Å². The maximum Gasteiger partial charge on any atom is 0.328 e. The fraction of sp³-hybridized carbons (Fsp3) is 0.600. The predicted octanol–water partition coefficient (Wildman–Crippen LogP) is 1.65. The molecule has 0 aromatic carbocycles. The molecule has 1 amide bonds. The van der Waals surface area contributed by atoms with Gasteiger partial charge in [-0.25, -0.2) is 4.79 Å². The van der Waals surface area contributed by atoms with Crippen molar-refractivity contribution < 1.29 is 14.3 Å². The van der Waals surface area contributed by atoms with Crippen LogP contribution in [0, 0.1) is 13.8 Å². The van der Waals surface area contributed by atoms with Gasteiger partial charge in [-0.05, 0) is 46.1 Å². The Morgan fingerprint density at radius 1 is 1.33 bits per heavy atom. The Morgan fingerprint density at radius 3 is 2.81 bits per heavy atom. The average Bonchev–Trinajstić information content (AvgIpc) is 2.49. The zero-order valence-corrected chi connectivity index (χ0v) is 12.8. The summed E-state index contributed by atoms with van der Waals surface area (Å²) in [6.07, 6.45) is 2.49. The molecule has 6 nitrogen and oxygen atoms in total. The number of esters is 1. The fourth-order valence-electron chi connectivity index (χ4n) is 2.58. The van der Waals surface area contributed by atoms with Crippen molar-refractivity contribution in [3.05, 3.63) is 23.0 Å². The van der Waals surface area contributed by atoms with Crippen LogP contribution in [0.2, 0.25) is 0 Å². The van der Waals surface area contributed by atoms with Gasteiger partial charge in [0.25, 0.3) is 5.91 Å². The average molecular weight is 291 g/mol. The Kier molecular flexibility index (Phi) is 4.88. The normalized spacial score (nSPS) is 18.4. The van der Waals surface area contributed by atoms with Gasteiger partial charge in [0.05, 0.1) is 23.6 Å². The second-order valence-corrected chi connectivity index (χ2v) is 5.25. The molecule has 21 heavy (non-hydrogen) atoms. The molecule has 0 aliphatic carbocycles. The van der Waals surface area contributed by atoms with Gasteiger partial charge in [-0.15, -0.1) is 0 Å². The molecule has 0 bridgehead atoms. The van der Waals surface area contributed by atoms with Gasteiger partial charge in [0, 0.05) is 6.54 Å². The van der Waals surface area contributed by atoms with Crippen LogP contribution in [-0.2, 0) is 9.53 Å². The Hall–Kier alpha value is -1.98. The summed E-state index contributed by atoms with van der Waals surface area (Å²) in [6, 6.07) is 1.24. The second kappa shape index (κ2) is 6.65. The van der Waals surface area contributed by atoms with Gasteiger partial charge in [-0.3, -0.25) is 4.79 Å². The van der Waals surface area contributed by atoms with E-state index >= 15 is 0 Å². The highest BCUT2D eigenvalue weighted by Gasteiger charge is 2.34. The first-order chi connectivity index (χ1) is 10.0. The van der Waals surface area contributed by atoms with Crippen molar-refractivity contribution >= 4 is 11.9 Å². The summed E-state index contributed by atoms with van der Waals surface area (Å²) in [7, 11) is 0. The molecular weight excluding hydrogens is 270 g/mol. The summed E-state index contributed by atoms with van der Waals surface area (Å²) in [4.78, 5) is 26.4. The number of amides is 1. The van der Waals surface area contributed by atoms with Crippen LogP contribution in [0.5, 0.6) is 0 Å². The lowest BCUT2D eigenvalue weighted by Gasteiger charge is -2.34. The van der Waals surface area contributed by atoms with E-state index in [-0.39, 0.29) is 11.9 Å². The van der Waals surface area contributed by atoms with Crippen molar-refractivity contribution in [3.8, 4) is 0 Å². The molecule has 2 rings (SSSR count). The maximum atomic E-state index is 12.7. The zero-order chi connectivity index (χ0) is 15.4. The lowest BCUT2D eigenvalue weighted by Crippen LogP contribution is -2.48. The Bertz CT molecular complexity index is 545. The molecule has 1 saturated heterocycles. The van der Waals surface area contributed by atoms with Crippen LogP contribution < -0.4 is 0 Å². The number of aromatic nitrogens is 2. The van der Waals surface area contributed by atoms with Crippen molar-refractivity contribution in [2.75, 3.05) is 13.2 Å². The third-order valence-corrected chi connectivity index (χ3v) is 3.65. The number of hydrogen-bond donors (Lipinski definition) is 0. The van der Waals surface area contributed by atoms with Crippen LogP contribution >= 0.6 is 0 Å². The van der Waals surface area contributed by atoms with Crippen molar-refractivity contribution in [3.63, 3.8) is 0 Å². The maximum absolute atomic E-state index is 12.7. The number of carbonyl (C=O) groups excluding carboxylic acids is 2. The molecule has 1 aromatic rings. The summed E-state index contributed by atoms with van der Waals surface area (Å²) in [5.74, 6) is -0.481. The number of carbonyl (C=O) groups is 2. The quantitative estimate of drug-likeness (QED) is 0.792. The predicted molar refractivity (Wildman–Crippen MR) is 76.8 cm³/mol. The van der Waals surface area contributed by atoms with E-state index in [4.69, 9.17) is 4.74 Å². The minimum atomic E-state index is -0.487. The van der Waals surface area contributed by atoms with Crippen LogP contribution in [-0.4, -0.2) is 46.2 Å². The summed E-state index contributed by atoms with van der Waals surface area (Å²) in [5, 5.41) is 7.93. The minimum absolute atomic E-state index is 0.164. The van der Waals surface area contributed by atoms with Crippen LogP contribution in [0.4, 0.5) is 0 Å². The van der Waals surface area contributed by atoms with Gasteiger partial charge in [-0.1, -0.05) is 0 Å². The largest absolute Gasteiger partial charge is 0.464 e. The highest BCUT2D eigenvalue weighted by molar-refractivity contribution is 5.97. The van der Waals surface area contributed by atoms with Crippen molar-refractivity contribution in [1.82, 2.24) is 15.1 Å². The van der Waals surface area contributed by atoms with E-state index < -0.39 is 6.04 Å². The van der Waals surface area contributed by atoms with Gasteiger partial charge >= 0.3 is 5.97 Å². The molecule has 0 saturated carbocycles. The molecule has 1 fully saturated rings. The first-order valence-electron chi connectivity index (χ1n) is 7.33. The van der Waals surface area contributed by atoms with Crippen molar-refractivity contribution in [2.24, 2.45) is 0 Å². The van der Waals surface area contributed by atoms with E-state index in [1.54, 1.807) is 31.7 Å². The number of likely N-dealkylation sites (tertiary alicyclic amines) is 1. The standard InChI is InChI=1S/C15H21N3O3/c1-4-21-15(20)13-7-5-6-8-18(13)14(19)12-9-10(2)16-17-11(12)3/h9,13H,4-8H2,1-3H3. The van der Waals surface area contributed by atoms with Crippen molar-refractivity contribution in [2.45, 2.75) is 46.1 Å². The lowest BCUT2D eigenvalue weighted by molar-refractivity contribution is -0.149. The Morgan fingerprint density at radius 2 is 2.10 bits per heavy atom. The first-order valence-corrected chi connectivity index (χ1v) is 7.33. The van der Waals surface area contributed by atoms with Gasteiger partial charge in [-0.2, -0.15) is 10.2 Å². The first kappa shape index (κ1) is 15.4. The molecule has 1 aromatic heterocycles. The molecule has 0 spiro atoms. The zero-order valence-electron chi connectivity index (χ0n) is 12.8. The molecular formula is C15H21N3O3. The van der Waals surface area contributed by atoms with Crippen molar-refractivity contribution in [1.29, 1.82) is 0 Å². The molecule has 1 aliphatic heterocycles. The third kappa shape index (κ3) is 3.37. The van der Waals surface area contributed by atoms with E-state index in [0.717, 1.165) is 12.8 Å². The molecule has 1 aliphatic rings. The fourth-order valence-corrected chi connectivity index (χ4v) is 2.58. The topological polar surface area (TPSA) is 72.4 Å². The molecule has 114 valence electrons. The molecule has 0 radical (unpaired) electrons. The second-order valence-electron chi connectivity index (χ2n) is 5.25. The van der Waals surface area contributed by atoms with Gasteiger partial charge in [0.1, 0.15) is 6.04 Å². The number of nitrogens with zero attached hydrogens (tertiary/aromatic N) is 3. The van der Waals surface area contributed by atoms with Crippen LogP contribution in [0.3, 0.4) is 0 Å². The number of hydrogen-bond acceptors (Lipinski definition) is 5. The van der Waals surface area contributed by atoms with Crippen LogP contribution in [0.1, 0.15) is 47.9 Å². The van der Waals surface area contributed by atoms with E-state index in [1.807, 2.05) is 0 Å². The number of aryl methyl sites for hydroxylation is 2. The van der Waals surface area contributed by atoms with E-state index in [1.165, 1.54) is 0 Å². The Balaban J connectivity index is 2.26. The lowest BCUT2D eigenvalue weighted by atomic mass is 10.0. The molecule has 1 unspecified atom stereocenters. The molecule has 6 heteroatoms. The summed E-state index contributed by atoms with van der Waals surface area (Å²) < 4.78 is 5.09. The summed E-state index contributed by atoms with van der Waals surface area (Å²) in [5.41, 5.74) is 1.78. The highest BCUT2D eigenvalue weighted by Crippen LogP contribution is 2.21. The van der Waals surface area contributed by atoms with Gasteiger partial charge < -0.3 is 9.64 Å². The van der Waals surface area contributed by atoms with Crippen LogP contribution in [0.15, 0.2) is 6.07 Å². The molecule has 2 heterocycles. The smallest absolute Gasteiger partial charge is 0.328 e. The number of ether oxygens (including phenoxy) is 1. The third-order valence-electron chi connectivity index (χ3n) is 3.65. The van der Waals surface area contributed by atoms with Gasteiger partial charge in [0.2, 0.25) is 0 Å². The van der Waals surface area contributed by atoms with Gasteiger partial charge in [0.15, 0.2) is 0 Å².